The van der Waals surface area contributed by atoms with Gasteiger partial charge in [-0.3, -0.25) is 14.8 Å². The number of nitrogens with zero attached hydrogens (tertiary/aromatic N) is 4. The maximum atomic E-state index is 12.2. The predicted octanol–water partition coefficient (Wildman–Crippen LogP) is 1.70. The van der Waals surface area contributed by atoms with E-state index in [-0.39, 0.29) is 5.91 Å². The molecule has 140 valence electrons. The van der Waals surface area contributed by atoms with Crippen molar-refractivity contribution in [1.29, 1.82) is 0 Å². The number of H-pyrrole nitrogens is 1. The van der Waals surface area contributed by atoms with Crippen LogP contribution in [0.2, 0.25) is 0 Å². The van der Waals surface area contributed by atoms with Gasteiger partial charge in [0, 0.05) is 23.1 Å². The van der Waals surface area contributed by atoms with Crippen LogP contribution >= 0.6 is 11.8 Å². The maximum absolute atomic E-state index is 12.2. The number of rotatable bonds is 5. The Labute approximate surface area is 162 Å². The molecule has 1 fully saturated rings. The number of thioether (sulfide) groups is 1. The molecule has 0 radical (unpaired) electrons. The zero-order valence-electron chi connectivity index (χ0n) is 15.4. The summed E-state index contributed by atoms with van der Waals surface area (Å²) in [5.41, 5.74) is 2.98. The van der Waals surface area contributed by atoms with Crippen LogP contribution in [0.1, 0.15) is 34.5 Å². The smallest absolute Gasteiger partial charge is 0.280 e. The second-order valence-electron chi connectivity index (χ2n) is 7.07. The normalized spacial score (nSPS) is 18.1. The summed E-state index contributed by atoms with van der Waals surface area (Å²) in [5, 5.41) is 9.14. The highest BCUT2D eigenvalue weighted by Gasteiger charge is 2.22. The number of amides is 1. The lowest BCUT2D eigenvalue weighted by Gasteiger charge is -2.31. The van der Waals surface area contributed by atoms with Crippen LogP contribution in [0, 0.1) is 6.92 Å². The van der Waals surface area contributed by atoms with Gasteiger partial charge in [0.15, 0.2) is 0 Å². The summed E-state index contributed by atoms with van der Waals surface area (Å²) in [6.45, 7) is 9.16. The Kier molecular flexibility index (Phi) is 5.22. The number of aromatic amines is 1. The van der Waals surface area contributed by atoms with Crippen molar-refractivity contribution >= 4 is 30.1 Å². The van der Waals surface area contributed by atoms with Crippen molar-refractivity contribution in [3.05, 3.63) is 51.8 Å². The minimum Gasteiger partial charge on any atom is -0.299 e. The van der Waals surface area contributed by atoms with Crippen molar-refractivity contribution in [2.45, 2.75) is 31.6 Å². The summed E-state index contributed by atoms with van der Waals surface area (Å²) in [7, 11) is 0. The second kappa shape index (κ2) is 7.78. The Morgan fingerprint density at radius 3 is 2.85 bits per heavy atom. The van der Waals surface area contributed by atoms with Crippen molar-refractivity contribution in [2.75, 3.05) is 18.8 Å². The first-order valence-corrected chi connectivity index (χ1v) is 10.3. The van der Waals surface area contributed by atoms with E-state index < -0.39 is 0 Å². The van der Waals surface area contributed by atoms with E-state index >= 15 is 0 Å². The SMILES string of the molecule is C=c1cccc2c1=NC(CSC1CCN(Cc3cn[nH]c3C)CC1)=NC2=O. The number of benzene rings is 1. The number of likely N-dealkylation sites (tertiary alicyclic amines) is 1. The van der Waals surface area contributed by atoms with E-state index in [0.29, 0.717) is 27.8 Å². The van der Waals surface area contributed by atoms with Gasteiger partial charge in [0.2, 0.25) is 0 Å². The Bertz CT molecular complexity index is 988. The summed E-state index contributed by atoms with van der Waals surface area (Å²) in [6, 6.07) is 5.46. The van der Waals surface area contributed by atoms with Gasteiger partial charge in [-0.15, -0.1) is 0 Å². The van der Waals surface area contributed by atoms with Crippen LogP contribution in [-0.4, -0.2) is 50.9 Å². The van der Waals surface area contributed by atoms with Gasteiger partial charge in [0.05, 0.1) is 22.9 Å². The third kappa shape index (κ3) is 4.04. The topological polar surface area (TPSA) is 73.7 Å². The van der Waals surface area contributed by atoms with Crippen molar-refractivity contribution in [3.63, 3.8) is 0 Å². The van der Waals surface area contributed by atoms with E-state index in [1.807, 2.05) is 30.1 Å². The van der Waals surface area contributed by atoms with E-state index in [0.717, 1.165) is 43.4 Å². The molecule has 7 heteroatoms. The Hall–Kier alpha value is -2.25. The van der Waals surface area contributed by atoms with Crippen LogP contribution in [0.15, 0.2) is 34.4 Å². The standard InChI is InChI=1S/C20H23N5OS/c1-13-4-3-5-17-19(13)22-18(23-20(17)26)12-27-16-6-8-25(9-7-16)11-15-10-21-24-14(15)2/h3-5,10,16H,1,6-9,11-12H2,2H3,(H,21,24). The van der Waals surface area contributed by atoms with E-state index in [4.69, 9.17) is 0 Å². The van der Waals surface area contributed by atoms with Gasteiger partial charge < -0.3 is 0 Å². The summed E-state index contributed by atoms with van der Waals surface area (Å²) in [5.74, 6) is 1.09. The van der Waals surface area contributed by atoms with Gasteiger partial charge in [-0.1, -0.05) is 18.7 Å². The van der Waals surface area contributed by atoms with Gasteiger partial charge >= 0.3 is 0 Å². The van der Waals surface area contributed by atoms with Gasteiger partial charge in [-0.2, -0.15) is 21.9 Å². The van der Waals surface area contributed by atoms with Crippen LogP contribution < -0.4 is 10.6 Å². The van der Waals surface area contributed by atoms with Crippen LogP contribution in [0.5, 0.6) is 0 Å². The molecule has 1 aromatic heterocycles. The first kappa shape index (κ1) is 18.1. The molecule has 3 heterocycles. The highest BCUT2D eigenvalue weighted by Crippen LogP contribution is 2.25. The fraction of sp³-hybridized carbons (Fsp3) is 0.400. The van der Waals surface area contributed by atoms with Gasteiger partial charge in [0.25, 0.3) is 5.91 Å². The van der Waals surface area contributed by atoms with Crippen molar-refractivity contribution in [3.8, 4) is 0 Å². The summed E-state index contributed by atoms with van der Waals surface area (Å²) >= 11 is 1.86. The molecule has 4 rings (SSSR count). The molecule has 2 aromatic rings. The summed E-state index contributed by atoms with van der Waals surface area (Å²) in [4.78, 5) is 23.4. The van der Waals surface area contributed by atoms with Crippen LogP contribution in [0.3, 0.4) is 0 Å². The maximum Gasteiger partial charge on any atom is 0.280 e. The minimum absolute atomic E-state index is 0.202. The molecular formula is C20H23N5OS. The monoisotopic (exact) mass is 381 g/mol. The summed E-state index contributed by atoms with van der Waals surface area (Å²) < 4.78 is 0. The lowest BCUT2D eigenvalue weighted by Crippen LogP contribution is -2.36. The largest absolute Gasteiger partial charge is 0.299 e. The predicted molar refractivity (Wildman–Crippen MR) is 109 cm³/mol. The van der Waals surface area contributed by atoms with Gasteiger partial charge in [0.1, 0.15) is 5.84 Å². The quantitative estimate of drug-likeness (QED) is 0.856. The third-order valence-corrected chi connectivity index (χ3v) is 6.50. The number of carbonyl (C=O) groups excluding carboxylic acids is 1. The minimum atomic E-state index is -0.202. The van der Waals surface area contributed by atoms with E-state index in [2.05, 4.69) is 38.6 Å². The molecule has 0 aliphatic carbocycles. The number of hydrogen-bond donors (Lipinski definition) is 1. The molecule has 2 aliphatic heterocycles. The zero-order chi connectivity index (χ0) is 18.8. The second-order valence-corrected chi connectivity index (χ2v) is 8.35. The van der Waals surface area contributed by atoms with Crippen LogP contribution in [-0.2, 0) is 6.54 Å². The molecule has 0 unspecified atom stereocenters. The summed E-state index contributed by atoms with van der Waals surface area (Å²) in [6.07, 6.45) is 4.20. The molecule has 2 aliphatic rings. The molecule has 0 spiro atoms. The number of amidine groups is 1. The number of hydrogen-bond acceptors (Lipinski definition) is 5. The van der Waals surface area contributed by atoms with Crippen molar-refractivity contribution in [2.24, 2.45) is 9.98 Å². The molecule has 1 N–H and O–H groups in total. The van der Waals surface area contributed by atoms with E-state index in [1.165, 1.54) is 5.56 Å². The lowest BCUT2D eigenvalue weighted by molar-refractivity contribution is 0.1000. The number of carbonyl (C=O) groups is 1. The molecule has 0 bridgehead atoms. The third-order valence-electron chi connectivity index (χ3n) is 5.13. The highest BCUT2D eigenvalue weighted by molar-refractivity contribution is 8.00. The number of aliphatic imine (C=N–C) groups is 1. The number of aryl methyl sites for hydroxylation is 1. The first-order chi connectivity index (χ1) is 13.1. The fourth-order valence-corrected chi connectivity index (χ4v) is 4.55. The number of nitrogens with one attached hydrogen (secondary N) is 1. The number of piperidine rings is 1. The van der Waals surface area contributed by atoms with E-state index in [9.17, 15) is 4.79 Å². The molecular weight excluding hydrogens is 358 g/mol. The number of para-hydroxylation sites is 1. The van der Waals surface area contributed by atoms with Gasteiger partial charge in [-0.25, -0.2) is 4.99 Å². The fourth-order valence-electron chi connectivity index (χ4n) is 3.49. The Morgan fingerprint density at radius 2 is 2.11 bits per heavy atom. The van der Waals surface area contributed by atoms with Crippen molar-refractivity contribution < 1.29 is 4.79 Å². The van der Waals surface area contributed by atoms with Crippen LogP contribution in [0.25, 0.3) is 6.58 Å². The molecule has 1 aromatic carbocycles. The molecule has 27 heavy (non-hydrogen) atoms. The molecule has 0 saturated carbocycles. The lowest BCUT2D eigenvalue weighted by atomic mass is 10.1. The molecule has 1 saturated heterocycles. The Balaban J connectivity index is 1.32. The van der Waals surface area contributed by atoms with Crippen molar-refractivity contribution in [1.82, 2.24) is 15.1 Å². The highest BCUT2D eigenvalue weighted by atomic mass is 32.2. The average Bonchev–Trinajstić information content (AvgIpc) is 3.07. The number of fused-ring (bicyclic) bond motifs is 1. The van der Waals surface area contributed by atoms with E-state index in [1.54, 1.807) is 6.07 Å². The molecule has 6 nitrogen and oxygen atoms in total. The zero-order valence-corrected chi connectivity index (χ0v) is 16.3. The molecule has 0 atom stereocenters. The Morgan fingerprint density at radius 1 is 1.30 bits per heavy atom. The average molecular weight is 382 g/mol. The molecule has 1 amide bonds. The van der Waals surface area contributed by atoms with Crippen LogP contribution in [0.4, 0.5) is 0 Å². The first-order valence-electron chi connectivity index (χ1n) is 9.21. The van der Waals surface area contributed by atoms with Gasteiger partial charge in [-0.05, 0) is 44.1 Å². The number of aromatic nitrogens is 2.